The lowest BCUT2D eigenvalue weighted by atomic mass is 9.79. The largest absolute Gasteiger partial charge is 0.393 e. The van der Waals surface area contributed by atoms with Crippen molar-refractivity contribution < 1.29 is 28.7 Å². The molecule has 0 aliphatic heterocycles. The van der Waals surface area contributed by atoms with Gasteiger partial charge in [-0.3, -0.25) is 19.2 Å². The van der Waals surface area contributed by atoms with Gasteiger partial charge in [0.05, 0.1) is 12.8 Å². The van der Waals surface area contributed by atoms with Gasteiger partial charge in [0.1, 0.15) is 0 Å². The predicted molar refractivity (Wildman–Crippen MR) is 63.7 cm³/mol. The summed E-state index contributed by atoms with van der Waals surface area (Å²) < 4.78 is 9.01. The molecule has 19 heavy (non-hydrogen) atoms. The first kappa shape index (κ1) is 15.3. The summed E-state index contributed by atoms with van der Waals surface area (Å²) in [6.45, 7) is 2.31. The van der Waals surface area contributed by atoms with E-state index in [1.807, 2.05) is 0 Å². The van der Waals surface area contributed by atoms with Gasteiger partial charge in [0.15, 0.2) is 0 Å². The first-order valence-electron chi connectivity index (χ1n) is 6.25. The number of ether oxygens (including phenoxy) is 2. The number of carbonyl (C=O) groups is 4. The van der Waals surface area contributed by atoms with E-state index in [-0.39, 0.29) is 12.8 Å². The molecule has 0 aromatic rings. The molecule has 1 rings (SSSR count). The van der Waals surface area contributed by atoms with E-state index in [4.69, 9.17) is 0 Å². The smallest absolute Gasteiger partial charge is 0.314 e. The Bertz CT molecular complexity index is 360. The Hall–Kier alpha value is -1.72. The highest BCUT2D eigenvalue weighted by atomic mass is 16.6. The van der Waals surface area contributed by atoms with Crippen LogP contribution in [0.4, 0.5) is 0 Å². The maximum Gasteiger partial charge on any atom is 0.314 e. The average Bonchev–Trinajstić information content (AvgIpc) is 2.62. The Morgan fingerprint density at radius 1 is 0.842 bits per heavy atom. The maximum absolute atomic E-state index is 11.6. The van der Waals surface area contributed by atoms with Crippen LogP contribution in [0.5, 0.6) is 0 Å². The highest BCUT2D eigenvalue weighted by molar-refractivity contribution is 5.86. The van der Waals surface area contributed by atoms with Gasteiger partial charge in [-0.25, -0.2) is 0 Å². The zero-order chi connectivity index (χ0) is 14.5. The highest BCUT2D eigenvalue weighted by Gasteiger charge is 2.39. The molecule has 6 nitrogen and oxygen atoms in total. The Balaban J connectivity index is 2.64. The van der Waals surface area contributed by atoms with Crippen LogP contribution in [0.3, 0.4) is 0 Å². The second-order valence-corrected chi connectivity index (χ2v) is 4.99. The molecule has 0 atom stereocenters. The molecule has 0 saturated heterocycles. The fourth-order valence-electron chi connectivity index (χ4n) is 2.55. The molecule has 1 saturated carbocycles. The summed E-state index contributed by atoms with van der Waals surface area (Å²) in [4.78, 5) is 44.6. The van der Waals surface area contributed by atoms with Crippen molar-refractivity contribution in [2.45, 2.75) is 52.4 Å². The summed E-state index contributed by atoms with van der Waals surface area (Å²) in [6.07, 6.45) is 3.18. The van der Waals surface area contributed by atoms with Crippen LogP contribution < -0.4 is 0 Å². The van der Waals surface area contributed by atoms with Crippen molar-refractivity contribution >= 4 is 23.9 Å². The van der Waals surface area contributed by atoms with E-state index >= 15 is 0 Å². The van der Waals surface area contributed by atoms with Crippen molar-refractivity contribution in [2.24, 2.45) is 5.41 Å². The first-order chi connectivity index (χ1) is 8.83. The number of esters is 4. The zero-order valence-electron chi connectivity index (χ0n) is 11.2. The summed E-state index contributed by atoms with van der Waals surface area (Å²) in [7, 11) is 0. The molecule has 0 aromatic carbocycles. The van der Waals surface area contributed by atoms with Crippen LogP contribution in [-0.4, -0.2) is 23.9 Å². The first-order valence-corrected chi connectivity index (χ1v) is 6.25. The molecule has 0 radical (unpaired) electrons. The lowest BCUT2D eigenvalue weighted by Gasteiger charge is -2.26. The van der Waals surface area contributed by atoms with Gasteiger partial charge in [0.2, 0.25) is 0 Å². The number of hydrogen-bond acceptors (Lipinski definition) is 6. The minimum absolute atomic E-state index is 0.000412. The monoisotopic (exact) mass is 270 g/mol. The van der Waals surface area contributed by atoms with E-state index in [2.05, 4.69) is 9.47 Å². The van der Waals surface area contributed by atoms with Crippen molar-refractivity contribution in [3.05, 3.63) is 0 Å². The summed E-state index contributed by atoms with van der Waals surface area (Å²) in [6, 6.07) is 0. The Morgan fingerprint density at radius 3 is 1.53 bits per heavy atom. The molecule has 6 heteroatoms. The fourth-order valence-corrected chi connectivity index (χ4v) is 2.55. The molecule has 0 heterocycles. The van der Waals surface area contributed by atoms with Crippen molar-refractivity contribution in [1.29, 1.82) is 0 Å². The van der Waals surface area contributed by atoms with Crippen LogP contribution in [0.1, 0.15) is 52.4 Å². The van der Waals surface area contributed by atoms with E-state index in [1.165, 1.54) is 0 Å². The van der Waals surface area contributed by atoms with E-state index in [0.717, 1.165) is 26.7 Å². The van der Waals surface area contributed by atoms with Gasteiger partial charge in [-0.05, 0) is 18.3 Å². The Kier molecular flexibility index (Phi) is 5.20. The molecule has 0 unspecified atom stereocenters. The van der Waals surface area contributed by atoms with Gasteiger partial charge < -0.3 is 9.47 Å². The van der Waals surface area contributed by atoms with Gasteiger partial charge in [-0.15, -0.1) is 0 Å². The quantitative estimate of drug-likeness (QED) is 0.568. The summed E-state index contributed by atoms with van der Waals surface area (Å²) in [5.41, 5.74) is -0.543. The summed E-state index contributed by atoms with van der Waals surface area (Å²) in [5, 5.41) is 0. The van der Waals surface area contributed by atoms with Crippen LogP contribution >= 0.6 is 0 Å². The van der Waals surface area contributed by atoms with E-state index in [9.17, 15) is 19.2 Å². The van der Waals surface area contributed by atoms with Crippen LogP contribution in [0.2, 0.25) is 0 Å². The fraction of sp³-hybridized carbons (Fsp3) is 0.692. The lowest BCUT2D eigenvalue weighted by molar-refractivity contribution is -0.161. The predicted octanol–water partition coefficient (Wildman–Crippen LogP) is 1.51. The lowest BCUT2D eigenvalue weighted by Crippen LogP contribution is -2.28. The van der Waals surface area contributed by atoms with Crippen molar-refractivity contribution in [2.75, 3.05) is 0 Å². The van der Waals surface area contributed by atoms with E-state index < -0.39 is 29.3 Å². The standard InChI is InChI=1S/C13H18O6/c1-9(14)18-11(16)7-13(5-3-4-6-13)8-12(17)19-10(2)15/h3-8H2,1-2H3. The normalized spacial score (nSPS) is 16.7. The van der Waals surface area contributed by atoms with Gasteiger partial charge in [-0.1, -0.05) is 12.8 Å². The second kappa shape index (κ2) is 6.45. The van der Waals surface area contributed by atoms with Crippen LogP contribution in [0, 0.1) is 5.41 Å². The topological polar surface area (TPSA) is 86.7 Å². The van der Waals surface area contributed by atoms with E-state index in [0.29, 0.717) is 12.8 Å². The molecule has 0 bridgehead atoms. The molecule has 1 fully saturated rings. The van der Waals surface area contributed by atoms with Crippen LogP contribution in [0.15, 0.2) is 0 Å². The SMILES string of the molecule is CC(=O)OC(=O)CC1(CC(=O)OC(C)=O)CCCC1. The van der Waals surface area contributed by atoms with Gasteiger partial charge in [-0.2, -0.15) is 0 Å². The molecule has 0 spiro atoms. The number of hydrogen-bond donors (Lipinski definition) is 0. The number of carbonyl (C=O) groups excluding carboxylic acids is 4. The molecular formula is C13H18O6. The molecule has 106 valence electrons. The van der Waals surface area contributed by atoms with Gasteiger partial charge in [0.25, 0.3) is 0 Å². The van der Waals surface area contributed by atoms with Gasteiger partial charge >= 0.3 is 23.9 Å². The second-order valence-electron chi connectivity index (χ2n) is 4.99. The summed E-state index contributed by atoms with van der Waals surface area (Å²) in [5.74, 6) is -2.59. The molecule has 0 aromatic heterocycles. The van der Waals surface area contributed by atoms with Crippen LogP contribution in [-0.2, 0) is 28.7 Å². The molecule has 1 aliphatic rings. The van der Waals surface area contributed by atoms with Crippen molar-refractivity contribution in [1.82, 2.24) is 0 Å². The minimum Gasteiger partial charge on any atom is -0.393 e. The average molecular weight is 270 g/mol. The van der Waals surface area contributed by atoms with Crippen molar-refractivity contribution in [3.63, 3.8) is 0 Å². The maximum atomic E-state index is 11.6. The molecule has 0 N–H and O–H groups in total. The summed E-state index contributed by atoms with van der Waals surface area (Å²) >= 11 is 0. The number of rotatable bonds is 4. The molecule has 1 aliphatic carbocycles. The highest BCUT2D eigenvalue weighted by Crippen LogP contribution is 2.44. The zero-order valence-corrected chi connectivity index (χ0v) is 11.2. The third-order valence-electron chi connectivity index (χ3n) is 3.22. The third kappa shape index (κ3) is 5.19. The Labute approximate surface area is 111 Å². The van der Waals surface area contributed by atoms with Crippen molar-refractivity contribution in [3.8, 4) is 0 Å². The van der Waals surface area contributed by atoms with Gasteiger partial charge in [0, 0.05) is 13.8 Å². The molecular weight excluding hydrogens is 252 g/mol. The van der Waals surface area contributed by atoms with Crippen LogP contribution in [0.25, 0.3) is 0 Å². The van der Waals surface area contributed by atoms with E-state index in [1.54, 1.807) is 0 Å². The third-order valence-corrected chi connectivity index (χ3v) is 3.22. The minimum atomic E-state index is -0.663. The molecule has 0 amide bonds. The Morgan fingerprint density at radius 2 is 1.21 bits per heavy atom.